The van der Waals surface area contributed by atoms with Crippen LogP contribution in [0.5, 0.6) is 0 Å². The van der Waals surface area contributed by atoms with E-state index in [9.17, 15) is 4.79 Å². The van der Waals surface area contributed by atoms with E-state index >= 15 is 0 Å². The molecule has 2 heteroatoms. The van der Waals surface area contributed by atoms with Gasteiger partial charge >= 0.3 is 0 Å². The Labute approximate surface area is 36.3 Å². The van der Waals surface area contributed by atoms with Crippen LogP contribution < -0.4 is 5.73 Å². The molecule has 0 bridgehead atoms. The largest absolute Gasteiger partial charge is 0.369 e. The number of hydrogen-bond acceptors (Lipinski definition) is 1. The summed E-state index contributed by atoms with van der Waals surface area (Å²) in [5, 5.41) is 0. The summed E-state index contributed by atoms with van der Waals surface area (Å²) in [5.74, 6) is 0.685. The summed E-state index contributed by atoms with van der Waals surface area (Å²) in [6.07, 6.45) is 1.88. The molecular weight excluding hydrogens is 78.0 g/mol. The molecule has 0 aromatic heterocycles. The van der Waals surface area contributed by atoms with E-state index in [1.54, 1.807) is 0 Å². The maximum Gasteiger partial charge on any atom is 0.224 e. The van der Waals surface area contributed by atoms with Gasteiger partial charge in [-0.2, -0.15) is 0 Å². The molecule has 0 heterocycles. The lowest BCUT2D eigenvalue weighted by Gasteiger charge is -1.76. The predicted molar refractivity (Wildman–Crippen MR) is 21.7 cm³/mol. The van der Waals surface area contributed by atoms with Crippen LogP contribution in [-0.4, -0.2) is 5.91 Å². The van der Waals surface area contributed by atoms with Gasteiger partial charge in [-0.05, 0) is 12.8 Å². The van der Waals surface area contributed by atoms with Crippen molar-refractivity contribution in [2.24, 2.45) is 5.73 Å². The SMILES string of the molecule is NC(=O)[C]1CC1. The first-order valence-electron chi connectivity index (χ1n) is 1.95. The first-order valence-corrected chi connectivity index (χ1v) is 1.95. The van der Waals surface area contributed by atoms with Crippen molar-refractivity contribution in [3.8, 4) is 0 Å². The lowest BCUT2D eigenvalue weighted by Crippen LogP contribution is -2.10. The maximum atomic E-state index is 9.95. The van der Waals surface area contributed by atoms with Crippen LogP contribution in [0.1, 0.15) is 12.8 Å². The molecule has 0 spiro atoms. The number of amides is 1. The molecule has 1 fully saturated rings. The molecule has 0 atom stereocenters. The highest BCUT2D eigenvalue weighted by Crippen LogP contribution is 2.30. The molecule has 0 unspecified atom stereocenters. The summed E-state index contributed by atoms with van der Waals surface area (Å²) in [7, 11) is 0. The predicted octanol–water partition coefficient (Wildman–Crippen LogP) is -0.160. The standard InChI is InChI=1S/C4H6NO/c5-4(6)3-1-2-3/h1-2H2,(H2,5,6). The third-order valence-corrected chi connectivity index (χ3v) is 0.848. The first-order chi connectivity index (χ1) is 2.80. The molecular formula is C4H6NO. The van der Waals surface area contributed by atoms with Gasteiger partial charge in [0, 0.05) is 0 Å². The molecule has 0 aliphatic heterocycles. The van der Waals surface area contributed by atoms with Crippen molar-refractivity contribution in [1.29, 1.82) is 0 Å². The molecule has 0 aromatic carbocycles. The van der Waals surface area contributed by atoms with Crippen LogP contribution in [0.3, 0.4) is 0 Å². The van der Waals surface area contributed by atoms with E-state index in [0.29, 0.717) is 0 Å². The fourth-order valence-electron chi connectivity index (χ4n) is 0.309. The lowest BCUT2D eigenvalue weighted by molar-refractivity contribution is -0.115. The van der Waals surface area contributed by atoms with Gasteiger partial charge in [0.1, 0.15) is 0 Å². The average molecular weight is 84.1 g/mol. The molecule has 1 aliphatic carbocycles. The van der Waals surface area contributed by atoms with E-state index in [1.807, 2.05) is 0 Å². The van der Waals surface area contributed by atoms with Gasteiger partial charge in [-0.3, -0.25) is 4.79 Å². The van der Waals surface area contributed by atoms with E-state index in [0.717, 1.165) is 18.8 Å². The molecule has 0 saturated heterocycles. The zero-order valence-corrected chi connectivity index (χ0v) is 3.40. The van der Waals surface area contributed by atoms with Crippen LogP contribution in [0.15, 0.2) is 0 Å². The Hall–Kier alpha value is -0.530. The second-order valence-corrected chi connectivity index (χ2v) is 1.47. The topological polar surface area (TPSA) is 43.1 Å². The van der Waals surface area contributed by atoms with Crippen molar-refractivity contribution in [3.05, 3.63) is 5.92 Å². The van der Waals surface area contributed by atoms with Gasteiger partial charge in [-0.25, -0.2) is 0 Å². The number of hydrogen-bond donors (Lipinski definition) is 1. The summed E-state index contributed by atoms with van der Waals surface area (Å²) in [6, 6.07) is 0. The van der Waals surface area contributed by atoms with Crippen molar-refractivity contribution < 1.29 is 4.79 Å². The number of carbonyl (C=O) groups excluding carboxylic acids is 1. The second kappa shape index (κ2) is 0.965. The Balaban J connectivity index is 2.31. The van der Waals surface area contributed by atoms with Crippen LogP contribution >= 0.6 is 0 Å². The summed E-state index contributed by atoms with van der Waals surface area (Å²) >= 11 is 0. The maximum absolute atomic E-state index is 9.95. The molecule has 1 amide bonds. The number of rotatable bonds is 1. The highest BCUT2D eigenvalue weighted by Gasteiger charge is 2.27. The quantitative estimate of drug-likeness (QED) is 0.471. The van der Waals surface area contributed by atoms with E-state index in [4.69, 9.17) is 5.73 Å². The van der Waals surface area contributed by atoms with Crippen LogP contribution in [0.25, 0.3) is 0 Å². The fourth-order valence-corrected chi connectivity index (χ4v) is 0.309. The molecule has 1 rings (SSSR count). The van der Waals surface area contributed by atoms with Gasteiger partial charge in [0.05, 0.1) is 5.92 Å². The minimum absolute atomic E-state index is 0.213. The molecule has 2 nitrogen and oxygen atoms in total. The molecule has 33 valence electrons. The van der Waals surface area contributed by atoms with E-state index in [-0.39, 0.29) is 5.91 Å². The Morgan fingerprint density at radius 3 is 2.17 bits per heavy atom. The molecule has 1 aliphatic rings. The molecule has 2 N–H and O–H groups in total. The monoisotopic (exact) mass is 84.0 g/mol. The Kier molecular flexibility index (Phi) is 0.587. The highest BCUT2D eigenvalue weighted by molar-refractivity contribution is 5.91. The Morgan fingerprint density at radius 1 is 1.67 bits per heavy atom. The van der Waals surface area contributed by atoms with Crippen molar-refractivity contribution in [3.63, 3.8) is 0 Å². The molecule has 1 saturated carbocycles. The van der Waals surface area contributed by atoms with Crippen LogP contribution in [-0.2, 0) is 4.79 Å². The number of primary amides is 1. The summed E-state index contributed by atoms with van der Waals surface area (Å²) < 4.78 is 0. The van der Waals surface area contributed by atoms with Crippen LogP contribution in [0.2, 0.25) is 0 Å². The average Bonchev–Trinajstić information content (AvgIpc) is 2.06. The van der Waals surface area contributed by atoms with E-state index in [1.165, 1.54) is 0 Å². The van der Waals surface area contributed by atoms with E-state index in [2.05, 4.69) is 0 Å². The smallest absolute Gasteiger partial charge is 0.224 e. The van der Waals surface area contributed by atoms with Crippen LogP contribution in [0, 0.1) is 5.92 Å². The molecule has 0 aromatic rings. The van der Waals surface area contributed by atoms with Crippen molar-refractivity contribution in [1.82, 2.24) is 0 Å². The van der Waals surface area contributed by atoms with Gasteiger partial charge in [0.2, 0.25) is 5.91 Å². The molecule has 1 radical (unpaired) electrons. The zero-order valence-electron chi connectivity index (χ0n) is 3.40. The number of carbonyl (C=O) groups is 1. The third kappa shape index (κ3) is 0.506. The van der Waals surface area contributed by atoms with Gasteiger partial charge in [-0.1, -0.05) is 0 Å². The first kappa shape index (κ1) is 3.65. The summed E-state index contributed by atoms with van der Waals surface area (Å²) in [4.78, 5) is 9.95. The lowest BCUT2D eigenvalue weighted by atomic mass is 10.4. The summed E-state index contributed by atoms with van der Waals surface area (Å²) in [5.41, 5.74) is 4.82. The van der Waals surface area contributed by atoms with Gasteiger partial charge in [-0.15, -0.1) is 0 Å². The van der Waals surface area contributed by atoms with Crippen LogP contribution in [0.4, 0.5) is 0 Å². The van der Waals surface area contributed by atoms with Crippen molar-refractivity contribution >= 4 is 5.91 Å². The minimum Gasteiger partial charge on any atom is -0.369 e. The number of nitrogens with two attached hydrogens (primary N) is 1. The minimum atomic E-state index is -0.213. The van der Waals surface area contributed by atoms with Gasteiger partial charge in [0.25, 0.3) is 0 Å². The van der Waals surface area contributed by atoms with E-state index < -0.39 is 0 Å². The van der Waals surface area contributed by atoms with Gasteiger partial charge in [0.15, 0.2) is 0 Å². The second-order valence-electron chi connectivity index (χ2n) is 1.47. The van der Waals surface area contributed by atoms with Gasteiger partial charge < -0.3 is 5.73 Å². The van der Waals surface area contributed by atoms with Crippen molar-refractivity contribution in [2.45, 2.75) is 12.8 Å². The Morgan fingerprint density at radius 2 is 2.17 bits per heavy atom. The summed E-state index contributed by atoms with van der Waals surface area (Å²) in [6.45, 7) is 0. The fraction of sp³-hybridized carbons (Fsp3) is 0.500. The van der Waals surface area contributed by atoms with Crippen molar-refractivity contribution in [2.75, 3.05) is 0 Å². The normalized spacial score (nSPS) is 20.7. The molecule has 6 heavy (non-hydrogen) atoms. The zero-order chi connectivity index (χ0) is 4.57. The third-order valence-electron chi connectivity index (χ3n) is 0.848. The Bertz CT molecular complexity index is 75.6. The highest BCUT2D eigenvalue weighted by atomic mass is 16.1.